The van der Waals surface area contributed by atoms with Gasteiger partial charge in [0.2, 0.25) is 0 Å². The lowest BCUT2D eigenvalue weighted by molar-refractivity contribution is -0.0145. The number of likely N-dealkylation sites (N-methyl/N-ethyl adjacent to an activating group) is 1. The van der Waals surface area contributed by atoms with Crippen LogP contribution in [0.5, 0.6) is 0 Å². The number of ether oxygens (including phenoxy) is 1. The van der Waals surface area contributed by atoms with E-state index in [0.29, 0.717) is 13.2 Å². The van der Waals surface area contributed by atoms with Gasteiger partial charge < -0.3 is 10.5 Å². The molecule has 1 unspecified atom stereocenters. The number of nitrogen functional groups attached to an aromatic ring is 1. The fourth-order valence-electron chi connectivity index (χ4n) is 2.27. The van der Waals surface area contributed by atoms with E-state index in [4.69, 9.17) is 10.5 Å². The molecule has 5 nitrogen and oxygen atoms in total. The topological polar surface area (TPSA) is 72.6 Å². The molecule has 1 heterocycles. The minimum atomic E-state index is -3.61. The van der Waals surface area contributed by atoms with Crippen molar-refractivity contribution in [2.24, 2.45) is 0 Å². The first-order valence-corrected chi connectivity index (χ1v) is 8.18. The summed E-state index contributed by atoms with van der Waals surface area (Å²) in [6, 6.07) is 3.36. The standard InChI is InChI=1S/C13H19FN2O3S/c1-2-16-3-4-19-12(8-16)9-20(17,18)13-6-10(14)5-11(15)7-13/h5-7,12H,2-4,8-9,15H2,1H3. The minimum absolute atomic E-state index is 0.0905. The molecule has 0 bridgehead atoms. The third-order valence-corrected chi connectivity index (χ3v) is 5.09. The van der Waals surface area contributed by atoms with Crippen LogP contribution in [0.25, 0.3) is 0 Å². The van der Waals surface area contributed by atoms with E-state index in [1.165, 1.54) is 6.07 Å². The second-order valence-electron chi connectivity index (χ2n) is 4.89. The van der Waals surface area contributed by atoms with Gasteiger partial charge in [-0.1, -0.05) is 6.92 Å². The minimum Gasteiger partial charge on any atom is -0.399 e. The SMILES string of the molecule is CCN1CCOC(CS(=O)(=O)c2cc(N)cc(F)c2)C1. The Morgan fingerprint density at radius 3 is 2.85 bits per heavy atom. The molecule has 1 aromatic rings. The Balaban J connectivity index is 2.14. The number of rotatable bonds is 4. The Hall–Kier alpha value is -1.18. The van der Waals surface area contributed by atoms with Gasteiger partial charge in [0, 0.05) is 18.8 Å². The molecule has 2 rings (SSSR count). The maximum absolute atomic E-state index is 13.3. The average Bonchev–Trinajstić information content (AvgIpc) is 2.37. The van der Waals surface area contributed by atoms with Crippen LogP contribution in [0, 0.1) is 5.82 Å². The molecule has 1 atom stereocenters. The summed E-state index contributed by atoms with van der Waals surface area (Å²) in [5.41, 5.74) is 5.59. The van der Waals surface area contributed by atoms with Crippen molar-refractivity contribution in [3.05, 3.63) is 24.0 Å². The third-order valence-electron chi connectivity index (χ3n) is 3.33. The predicted molar refractivity (Wildman–Crippen MR) is 74.7 cm³/mol. The maximum Gasteiger partial charge on any atom is 0.181 e. The fraction of sp³-hybridized carbons (Fsp3) is 0.538. The number of hydrogen-bond acceptors (Lipinski definition) is 5. The number of anilines is 1. The zero-order valence-electron chi connectivity index (χ0n) is 11.4. The molecule has 1 saturated heterocycles. The first kappa shape index (κ1) is 15.2. The summed E-state index contributed by atoms with van der Waals surface area (Å²) in [6.45, 7) is 4.76. The van der Waals surface area contributed by atoms with Gasteiger partial charge in [0.1, 0.15) is 5.82 Å². The molecule has 1 aliphatic rings. The number of benzene rings is 1. The van der Waals surface area contributed by atoms with E-state index in [1.807, 2.05) is 6.92 Å². The lowest BCUT2D eigenvalue weighted by atomic mass is 10.3. The summed E-state index contributed by atoms with van der Waals surface area (Å²) in [5, 5.41) is 0. The largest absolute Gasteiger partial charge is 0.399 e. The summed E-state index contributed by atoms with van der Waals surface area (Å²) < 4.78 is 43.3. The van der Waals surface area contributed by atoms with E-state index in [1.54, 1.807) is 0 Å². The van der Waals surface area contributed by atoms with Crippen LogP contribution in [-0.4, -0.2) is 51.4 Å². The molecule has 1 aromatic carbocycles. The monoisotopic (exact) mass is 302 g/mol. The summed E-state index contributed by atoms with van der Waals surface area (Å²) >= 11 is 0. The fourth-order valence-corrected chi connectivity index (χ4v) is 3.76. The summed E-state index contributed by atoms with van der Waals surface area (Å²) in [6.07, 6.45) is -0.391. The van der Waals surface area contributed by atoms with Gasteiger partial charge in [0.05, 0.1) is 23.4 Å². The van der Waals surface area contributed by atoms with Crippen molar-refractivity contribution >= 4 is 15.5 Å². The normalized spacial score (nSPS) is 21.0. The molecule has 0 aliphatic carbocycles. The molecular formula is C13H19FN2O3S. The molecule has 0 radical (unpaired) electrons. The molecule has 1 fully saturated rings. The Morgan fingerprint density at radius 1 is 1.45 bits per heavy atom. The molecule has 0 saturated carbocycles. The summed E-state index contributed by atoms with van der Waals surface area (Å²) in [7, 11) is -3.61. The highest BCUT2D eigenvalue weighted by Crippen LogP contribution is 2.19. The van der Waals surface area contributed by atoms with Crippen LogP contribution in [-0.2, 0) is 14.6 Å². The summed E-state index contributed by atoms with van der Waals surface area (Å²) in [5.74, 6) is -0.810. The Bertz CT molecular complexity index is 557. The van der Waals surface area contributed by atoms with E-state index in [2.05, 4.69) is 4.90 Å². The van der Waals surface area contributed by atoms with E-state index in [9.17, 15) is 12.8 Å². The molecule has 0 amide bonds. The number of nitrogens with two attached hydrogens (primary N) is 1. The first-order chi connectivity index (χ1) is 9.40. The quantitative estimate of drug-likeness (QED) is 0.837. The third kappa shape index (κ3) is 3.68. The van der Waals surface area contributed by atoms with Gasteiger partial charge in [-0.3, -0.25) is 4.90 Å². The van der Waals surface area contributed by atoms with Gasteiger partial charge in [-0.15, -0.1) is 0 Å². The molecule has 20 heavy (non-hydrogen) atoms. The Kier molecular flexibility index (Phi) is 4.62. The molecule has 0 aromatic heterocycles. The number of halogens is 1. The van der Waals surface area contributed by atoms with Crippen LogP contribution < -0.4 is 5.73 Å². The van der Waals surface area contributed by atoms with Crippen molar-refractivity contribution in [1.29, 1.82) is 0 Å². The van der Waals surface area contributed by atoms with Crippen LogP contribution in [0.15, 0.2) is 23.1 Å². The lowest BCUT2D eigenvalue weighted by Crippen LogP contribution is -2.45. The van der Waals surface area contributed by atoms with E-state index >= 15 is 0 Å². The molecule has 112 valence electrons. The van der Waals surface area contributed by atoms with Crippen molar-refractivity contribution in [1.82, 2.24) is 4.90 Å². The smallest absolute Gasteiger partial charge is 0.181 e. The Morgan fingerprint density at radius 2 is 2.20 bits per heavy atom. The zero-order valence-corrected chi connectivity index (χ0v) is 12.2. The van der Waals surface area contributed by atoms with E-state index < -0.39 is 21.8 Å². The zero-order chi connectivity index (χ0) is 14.8. The van der Waals surface area contributed by atoms with Crippen molar-refractivity contribution < 1.29 is 17.5 Å². The maximum atomic E-state index is 13.3. The van der Waals surface area contributed by atoms with Gasteiger partial charge >= 0.3 is 0 Å². The van der Waals surface area contributed by atoms with Crippen LogP contribution >= 0.6 is 0 Å². The van der Waals surface area contributed by atoms with Gasteiger partial charge in [-0.2, -0.15) is 0 Å². The average molecular weight is 302 g/mol. The van der Waals surface area contributed by atoms with Gasteiger partial charge in [0.25, 0.3) is 0 Å². The number of nitrogens with zero attached hydrogens (tertiary/aromatic N) is 1. The number of hydrogen-bond donors (Lipinski definition) is 1. The van der Waals surface area contributed by atoms with Crippen LogP contribution in [0.2, 0.25) is 0 Å². The molecule has 7 heteroatoms. The van der Waals surface area contributed by atoms with Crippen LogP contribution in [0.3, 0.4) is 0 Å². The molecule has 1 aliphatic heterocycles. The van der Waals surface area contributed by atoms with Gasteiger partial charge in [-0.05, 0) is 24.7 Å². The highest BCUT2D eigenvalue weighted by molar-refractivity contribution is 7.91. The van der Waals surface area contributed by atoms with Crippen LogP contribution in [0.4, 0.5) is 10.1 Å². The van der Waals surface area contributed by atoms with Crippen molar-refractivity contribution in [2.45, 2.75) is 17.9 Å². The van der Waals surface area contributed by atoms with Crippen molar-refractivity contribution in [2.75, 3.05) is 37.7 Å². The molecule has 2 N–H and O–H groups in total. The van der Waals surface area contributed by atoms with E-state index in [0.717, 1.165) is 25.2 Å². The van der Waals surface area contributed by atoms with Gasteiger partial charge in [-0.25, -0.2) is 12.8 Å². The highest BCUT2D eigenvalue weighted by atomic mass is 32.2. The van der Waals surface area contributed by atoms with E-state index in [-0.39, 0.29) is 16.3 Å². The lowest BCUT2D eigenvalue weighted by Gasteiger charge is -2.31. The van der Waals surface area contributed by atoms with Crippen LogP contribution in [0.1, 0.15) is 6.92 Å². The summed E-state index contributed by atoms with van der Waals surface area (Å²) in [4.78, 5) is 2.04. The number of sulfone groups is 1. The number of morpholine rings is 1. The Labute approximate surface area is 118 Å². The second kappa shape index (κ2) is 6.07. The first-order valence-electron chi connectivity index (χ1n) is 6.53. The van der Waals surface area contributed by atoms with Gasteiger partial charge in [0.15, 0.2) is 9.84 Å². The molecular weight excluding hydrogens is 283 g/mol. The highest BCUT2D eigenvalue weighted by Gasteiger charge is 2.26. The predicted octanol–water partition coefficient (Wildman–Crippen LogP) is 0.902. The second-order valence-corrected chi connectivity index (χ2v) is 6.92. The van der Waals surface area contributed by atoms with Crippen molar-refractivity contribution in [3.63, 3.8) is 0 Å². The molecule has 0 spiro atoms. The van der Waals surface area contributed by atoms with Crippen molar-refractivity contribution in [3.8, 4) is 0 Å².